The first-order valence-electron chi connectivity index (χ1n) is 7.50. The Kier molecular flexibility index (Phi) is 7.63. The van der Waals surface area contributed by atoms with Crippen LogP contribution in [-0.4, -0.2) is 25.0 Å². The highest BCUT2D eigenvalue weighted by atomic mass is 32.2. The summed E-state index contributed by atoms with van der Waals surface area (Å²) in [5, 5.41) is 3.54. The second-order valence-corrected chi connectivity index (χ2v) is 6.98. The van der Waals surface area contributed by atoms with Crippen molar-refractivity contribution in [3.8, 4) is 0 Å². The van der Waals surface area contributed by atoms with Crippen molar-refractivity contribution in [1.29, 1.82) is 0 Å². The predicted molar refractivity (Wildman–Crippen MR) is 89.6 cm³/mol. The lowest BCUT2D eigenvalue weighted by Crippen LogP contribution is -2.22. The fraction of sp³-hybridized carbons (Fsp3) is 0.647. The summed E-state index contributed by atoms with van der Waals surface area (Å²) in [7, 11) is 1.78. The molecular formula is C17H29NOS. The van der Waals surface area contributed by atoms with Crippen molar-refractivity contribution in [3.05, 3.63) is 29.8 Å². The summed E-state index contributed by atoms with van der Waals surface area (Å²) in [5.74, 6) is 1.08. The van der Waals surface area contributed by atoms with E-state index >= 15 is 0 Å². The van der Waals surface area contributed by atoms with Crippen molar-refractivity contribution >= 4 is 11.8 Å². The normalized spacial score (nSPS) is 13.4. The molecular weight excluding hydrogens is 266 g/mol. The Balaban J connectivity index is 2.51. The molecule has 0 saturated heterocycles. The van der Waals surface area contributed by atoms with Crippen LogP contribution in [0.3, 0.4) is 0 Å². The summed E-state index contributed by atoms with van der Waals surface area (Å²) in [5.41, 5.74) is 1.34. The van der Waals surface area contributed by atoms with Gasteiger partial charge in [-0.25, -0.2) is 0 Å². The highest BCUT2D eigenvalue weighted by molar-refractivity contribution is 7.99. The first-order chi connectivity index (χ1) is 9.48. The van der Waals surface area contributed by atoms with Crippen molar-refractivity contribution < 1.29 is 4.74 Å². The SMILES string of the molecule is CCCNC(C)c1cccc(SCCC(C)(C)OC)c1. The molecule has 0 spiro atoms. The monoisotopic (exact) mass is 295 g/mol. The molecule has 1 aromatic carbocycles. The van der Waals surface area contributed by atoms with Gasteiger partial charge >= 0.3 is 0 Å². The second kappa shape index (κ2) is 8.71. The van der Waals surface area contributed by atoms with Crippen LogP contribution in [-0.2, 0) is 4.74 Å². The Hall–Kier alpha value is -0.510. The van der Waals surface area contributed by atoms with Crippen molar-refractivity contribution in [1.82, 2.24) is 5.32 Å². The predicted octanol–water partition coefficient (Wildman–Crippen LogP) is 4.65. The minimum atomic E-state index is -0.0272. The maximum atomic E-state index is 5.46. The third kappa shape index (κ3) is 6.29. The Bertz CT molecular complexity index is 392. The van der Waals surface area contributed by atoms with Gasteiger partial charge in [0.1, 0.15) is 0 Å². The molecule has 1 atom stereocenters. The summed E-state index contributed by atoms with van der Waals surface area (Å²) >= 11 is 1.91. The Morgan fingerprint density at radius 1 is 1.35 bits per heavy atom. The van der Waals surface area contributed by atoms with Gasteiger partial charge in [-0.1, -0.05) is 19.1 Å². The van der Waals surface area contributed by atoms with Crippen LogP contribution >= 0.6 is 11.8 Å². The molecule has 0 saturated carbocycles. The molecule has 0 amide bonds. The average molecular weight is 295 g/mol. The van der Waals surface area contributed by atoms with Crippen molar-refractivity contribution in [2.75, 3.05) is 19.4 Å². The molecule has 114 valence electrons. The summed E-state index contributed by atoms with van der Waals surface area (Å²) in [4.78, 5) is 1.35. The maximum Gasteiger partial charge on any atom is 0.0630 e. The lowest BCUT2D eigenvalue weighted by atomic mass is 10.1. The van der Waals surface area contributed by atoms with Crippen molar-refractivity contribution in [2.45, 2.75) is 57.1 Å². The third-order valence-electron chi connectivity index (χ3n) is 3.58. The minimum absolute atomic E-state index is 0.0272. The number of methoxy groups -OCH3 is 1. The number of hydrogen-bond donors (Lipinski definition) is 1. The van der Waals surface area contributed by atoms with E-state index in [1.165, 1.54) is 16.9 Å². The van der Waals surface area contributed by atoms with Gasteiger partial charge in [0, 0.05) is 23.8 Å². The molecule has 0 heterocycles. The second-order valence-electron chi connectivity index (χ2n) is 5.81. The van der Waals surface area contributed by atoms with E-state index in [1.54, 1.807) is 7.11 Å². The highest BCUT2D eigenvalue weighted by Crippen LogP contribution is 2.25. The van der Waals surface area contributed by atoms with E-state index < -0.39 is 0 Å². The zero-order chi connectivity index (χ0) is 15.0. The first-order valence-corrected chi connectivity index (χ1v) is 8.48. The number of rotatable bonds is 9. The molecule has 1 N–H and O–H groups in total. The molecule has 1 aromatic rings. The molecule has 20 heavy (non-hydrogen) atoms. The minimum Gasteiger partial charge on any atom is -0.379 e. The number of thioether (sulfide) groups is 1. The number of benzene rings is 1. The standard InChI is InChI=1S/C17H29NOS/c1-6-11-18-14(2)15-8-7-9-16(13-15)20-12-10-17(3,4)19-5/h7-9,13-14,18H,6,10-12H2,1-5H3. The number of hydrogen-bond acceptors (Lipinski definition) is 3. The molecule has 0 radical (unpaired) electrons. The van der Waals surface area contributed by atoms with Crippen LogP contribution in [0.2, 0.25) is 0 Å². The van der Waals surface area contributed by atoms with Gasteiger partial charge < -0.3 is 10.1 Å². The van der Waals surface area contributed by atoms with Gasteiger partial charge in [0.2, 0.25) is 0 Å². The summed E-state index contributed by atoms with van der Waals surface area (Å²) in [6.45, 7) is 9.78. The molecule has 0 fully saturated rings. The van der Waals surface area contributed by atoms with Gasteiger partial charge in [-0.15, -0.1) is 11.8 Å². The fourth-order valence-electron chi connectivity index (χ4n) is 1.87. The zero-order valence-corrected chi connectivity index (χ0v) is 14.3. The first kappa shape index (κ1) is 17.5. The van der Waals surface area contributed by atoms with Gasteiger partial charge in [-0.2, -0.15) is 0 Å². The van der Waals surface area contributed by atoms with Gasteiger partial charge in [0.05, 0.1) is 5.60 Å². The van der Waals surface area contributed by atoms with Crippen LogP contribution in [0, 0.1) is 0 Å². The van der Waals surface area contributed by atoms with E-state index in [0.29, 0.717) is 6.04 Å². The fourth-order valence-corrected chi connectivity index (χ4v) is 3.09. The van der Waals surface area contributed by atoms with Crippen LogP contribution in [0.1, 0.15) is 52.1 Å². The Morgan fingerprint density at radius 3 is 2.75 bits per heavy atom. The Morgan fingerprint density at radius 2 is 2.10 bits per heavy atom. The van der Waals surface area contributed by atoms with Crippen LogP contribution < -0.4 is 5.32 Å². The van der Waals surface area contributed by atoms with E-state index in [-0.39, 0.29) is 5.60 Å². The van der Waals surface area contributed by atoms with E-state index in [9.17, 15) is 0 Å². The van der Waals surface area contributed by atoms with E-state index in [4.69, 9.17) is 4.74 Å². The zero-order valence-electron chi connectivity index (χ0n) is 13.5. The molecule has 0 bridgehead atoms. The molecule has 1 unspecified atom stereocenters. The molecule has 3 heteroatoms. The quantitative estimate of drug-likeness (QED) is 0.670. The van der Waals surface area contributed by atoms with E-state index in [1.807, 2.05) is 11.8 Å². The maximum absolute atomic E-state index is 5.46. The van der Waals surface area contributed by atoms with Crippen molar-refractivity contribution in [3.63, 3.8) is 0 Å². The highest BCUT2D eigenvalue weighted by Gasteiger charge is 2.15. The third-order valence-corrected chi connectivity index (χ3v) is 4.58. The lowest BCUT2D eigenvalue weighted by Gasteiger charge is -2.22. The topological polar surface area (TPSA) is 21.3 Å². The molecule has 2 nitrogen and oxygen atoms in total. The lowest BCUT2D eigenvalue weighted by molar-refractivity contribution is 0.0207. The van der Waals surface area contributed by atoms with Crippen LogP contribution in [0.5, 0.6) is 0 Å². The Labute approximate surface area is 128 Å². The molecule has 0 aliphatic rings. The summed E-state index contributed by atoms with van der Waals surface area (Å²) < 4.78 is 5.46. The molecule has 0 aliphatic carbocycles. The number of ether oxygens (including phenoxy) is 1. The average Bonchev–Trinajstić information content (AvgIpc) is 2.45. The smallest absolute Gasteiger partial charge is 0.0630 e. The largest absolute Gasteiger partial charge is 0.379 e. The summed E-state index contributed by atoms with van der Waals surface area (Å²) in [6, 6.07) is 9.28. The van der Waals surface area contributed by atoms with E-state index in [2.05, 4.69) is 57.3 Å². The number of nitrogens with one attached hydrogen (secondary N) is 1. The van der Waals surface area contributed by atoms with Crippen LogP contribution in [0.15, 0.2) is 29.2 Å². The van der Waals surface area contributed by atoms with Crippen LogP contribution in [0.4, 0.5) is 0 Å². The summed E-state index contributed by atoms with van der Waals surface area (Å²) in [6.07, 6.45) is 2.23. The molecule has 0 aliphatic heterocycles. The van der Waals surface area contributed by atoms with Gasteiger partial charge in [0.15, 0.2) is 0 Å². The van der Waals surface area contributed by atoms with Gasteiger partial charge in [0.25, 0.3) is 0 Å². The van der Waals surface area contributed by atoms with E-state index in [0.717, 1.165) is 18.7 Å². The van der Waals surface area contributed by atoms with Gasteiger partial charge in [-0.3, -0.25) is 0 Å². The molecule has 1 rings (SSSR count). The van der Waals surface area contributed by atoms with Crippen LogP contribution in [0.25, 0.3) is 0 Å². The molecule has 0 aromatic heterocycles. The van der Waals surface area contributed by atoms with Gasteiger partial charge in [-0.05, 0) is 57.9 Å². The van der Waals surface area contributed by atoms with Crippen molar-refractivity contribution in [2.24, 2.45) is 0 Å².